The van der Waals surface area contributed by atoms with Crippen LogP contribution in [0.3, 0.4) is 0 Å². The van der Waals surface area contributed by atoms with E-state index in [2.05, 4.69) is 31.9 Å². The normalized spacial score (nSPS) is 9.65. The Kier molecular flexibility index (Phi) is 13.9. The van der Waals surface area contributed by atoms with Gasteiger partial charge in [-0.25, -0.2) is 0 Å². The second-order valence-electron chi connectivity index (χ2n) is 7.35. The van der Waals surface area contributed by atoms with Crippen molar-refractivity contribution in [1.29, 1.82) is 0 Å². The molecule has 0 heterocycles. The van der Waals surface area contributed by atoms with Crippen LogP contribution in [0.15, 0.2) is 93.9 Å². The van der Waals surface area contributed by atoms with Crippen LogP contribution in [0, 0.1) is 23.8 Å². The van der Waals surface area contributed by atoms with Gasteiger partial charge >= 0.3 is 7.69 Å². The lowest BCUT2D eigenvalue weighted by atomic mass is 10.0. The van der Waals surface area contributed by atoms with Crippen molar-refractivity contribution in [2.75, 3.05) is 14.2 Å². The number of hydrogen-bond donors (Lipinski definition) is 1. The van der Waals surface area contributed by atoms with Gasteiger partial charge in [0.15, 0.2) is 0 Å². The minimum atomic E-state index is -0.415. The van der Waals surface area contributed by atoms with Gasteiger partial charge in [0.2, 0.25) is 0 Å². The minimum Gasteiger partial charge on any atom is -0.537 e. The number of nitrogens with zero attached hydrogens (tertiary/aromatic N) is 2. The molecule has 4 aromatic carbocycles. The maximum atomic E-state index is 11.1. The molecule has 14 heteroatoms. The number of rotatable bonds is 7. The Hall–Kier alpha value is -3.21. The van der Waals surface area contributed by atoms with Crippen LogP contribution in [0.4, 0.5) is 11.4 Å². The lowest BCUT2D eigenvalue weighted by Gasteiger charge is -2.07. The fraction of sp³-hybridized carbons (Fsp3) is 0.0769. The van der Waals surface area contributed by atoms with E-state index >= 15 is 0 Å². The molecule has 4 aromatic rings. The van der Waals surface area contributed by atoms with Crippen LogP contribution < -0.4 is 14.1 Å². The molecule has 1 radical (unpaired) electrons. The van der Waals surface area contributed by atoms with Gasteiger partial charge < -0.3 is 19.2 Å². The third-order valence-corrected chi connectivity index (χ3v) is 7.14. The lowest BCUT2D eigenvalue weighted by molar-refractivity contribution is -0.385. The maximum Gasteiger partial charge on any atom is 0.569 e. The third kappa shape index (κ3) is 9.76. The minimum absolute atomic E-state index is 0.0581. The summed E-state index contributed by atoms with van der Waals surface area (Å²) < 4.78 is 16.9. The lowest BCUT2D eigenvalue weighted by Crippen LogP contribution is -1.99. The average molecular weight is 787 g/mol. The quantitative estimate of drug-likeness (QED) is 0.0877. The number of hydrogen-bond acceptors (Lipinski definition) is 8. The Morgan fingerprint density at radius 3 is 1.77 bits per heavy atom. The molecule has 0 amide bonds. The molecule has 207 valence electrons. The van der Waals surface area contributed by atoms with Crippen molar-refractivity contribution in [2.45, 2.75) is 0 Å². The molecule has 0 spiro atoms. The van der Waals surface area contributed by atoms with Gasteiger partial charge in [-0.2, -0.15) is 0 Å². The zero-order chi connectivity index (χ0) is 29.7. The van der Waals surface area contributed by atoms with Crippen LogP contribution in [-0.2, 0) is 0 Å². The first-order valence-electron chi connectivity index (χ1n) is 11.0. The summed E-state index contributed by atoms with van der Waals surface area (Å²) in [5, 5.41) is 29.7. The summed E-state index contributed by atoms with van der Waals surface area (Å²) in [7, 11) is 3.71. The smallest absolute Gasteiger partial charge is 0.537 e. The van der Waals surface area contributed by atoms with Gasteiger partial charge in [-0.15, -0.1) is 0 Å². The van der Waals surface area contributed by atoms with Crippen LogP contribution in [0.1, 0.15) is 0 Å². The molecule has 0 aliphatic rings. The largest absolute Gasteiger partial charge is 0.569 e. The first-order chi connectivity index (χ1) is 19.1. The molecule has 0 atom stereocenters. The van der Waals surface area contributed by atoms with Gasteiger partial charge in [0.05, 0.1) is 37.7 Å². The number of benzene rings is 4. The van der Waals surface area contributed by atoms with Crippen molar-refractivity contribution in [1.82, 2.24) is 0 Å². The van der Waals surface area contributed by atoms with Crippen LogP contribution in [0.5, 0.6) is 17.2 Å². The fourth-order valence-corrected chi connectivity index (χ4v) is 4.62. The molecule has 0 fully saturated rings. The predicted octanol–water partition coefficient (Wildman–Crippen LogP) is 7.60. The molecule has 0 aliphatic heterocycles. The molecular weight excluding hydrogens is 766 g/mol. The van der Waals surface area contributed by atoms with Crippen molar-refractivity contribution in [3.63, 3.8) is 0 Å². The van der Waals surface area contributed by atoms with E-state index < -0.39 is 9.85 Å². The van der Waals surface area contributed by atoms with E-state index in [0.29, 0.717) is 34.1 Å². The molecule has 10 nitrogen and oxygen atoms in total. The Balaban J connectivity index is 0.000000222. The van der Waals surface area contributed by atoms with Crippen molar-refractivity contribution >= 4 is 73.5 Å². The summed E-state index contributed by atoms with van der Waals surface area (Å²) in [6.07, 6.45) is 0. The maximum absolute atomic E-state index is 11.1. The predicted molar refractivity (Wildman–Crippen MR) is 168 cm³/mol. The number of nitro benzene ring substituents is 2. The van der Waals surface area contributed by atoms with Crippen molar-refractivity contribution in [3.8, 4) is 28.4 Å². The number of methoxy groups -OCH3 is 2. The van der Waals surface area contributed by atoms with E-state index in [9.17, 15) is 20.2 Å². The Morgan fingerprint density at radius 1 is 0.750 bits per heavy atom. The zero-order valence-corrected chi connectivity index (χ0v) is 26.3. The summed E-state index contributed by atoms with van der Waals surface area (Å²) in [5.74, 6) is 1.82. The topological polar surface area (TPSA) is 134 Å². The van der Waals surface area contributed by atoms with E-state index in [-0.39, 0.29) is 11.4 Å². The van der Waals surface area contributed by atoms with Gasteiger partial charge in [-0.05, 0) is 74.9 Å². The molecule has 0 saturated heterocycles. The number of para-hydroxylation sites is 1. The summed E-state index contributed by atoms with van der Waals surface area (Å²) >= 11 is 8.54. The number of ether oxygens (including phenoxy) is 2. The molecule has 1 N–H and O–H groups in total. The van der Waals surface area contributed by atoms with Gasteiger partial charge in [0.1, 0.15) is 17.2 Å². The molecule has 0 aliphatic carbocycles. The molecule has 40 heavy (non-hydrogen) atoms. The highest BCUT2D eigenvalue weighted by Gasteiger charge is 2.17. The van der Waals surface area contributed by atoms with Crippen molar-refractivity contribution in [2.24, 2.45) is 0 Å². The monoisotopic (exact) mass is 785 g/mol. The van der Waals surface area contributed by atoms with Crippen LogP contribution in [0.2, 0.25) is 0 Å². The first kappa shape index (κ1) is 33.0. The van der Waals surface area contributed by atoms with E-state index in [4.69, 9.17) is 19.2 Å². The molecule has 0 unspecified atom stereocenters. The van der Waals surface area contributed by atoms with Gasteiger partial charge in [-0.3, -0.25) is 20.2 Å². The van der Waals surface area contributed by atoms with Gasteiger partial charge in [-0.1, -0.05) is 46.3 Å². The second-order valence-corrected chi connectivity index (χ2v) is 10.2. The van der Waals surface area contributed by atoms with Crippen LogP contribution >= 0.6 is 54.5 Å². The number of nitro groups is 2. The molecule has 0 aromatic heterocycles. The molecule has 4 rings (SSSR count). The standard InChI is InChI=1S/C13H10BrNO3.C7H6INO3.C6H5BBrO2/c1-18-9-6-7-13(15(16)17)11(8-9)10-4-2-3-5-12(10)14;1-12-5-2-3-7(9(10)11)6(8)4-5;8-5-3-1-2-4-6(5)10-7-9/h2-8H,1H3;2-4H,1H3;1-4,9H. The molecule has 0 bridgehead atoms. The van der Waals surface area contributed by atoms with E-state index in [1.807, 2.05) is 65.1 Å². The SMILES string of the molecule is COc1ccc([N+](=O)[O-])c(-c2ccccc2Br)c1.COc1ccc([N+](=O)[O-])c(I)c1.O[B]Oc1ccccc1Br. The third-order valence-electron chi connectivity index (χ3n) is 4.93. The van der Waals surface area contributed by atoms with Crippen molar-refractivity contribution in [3.05, 3.63) is 118 Å². The Labute approximate surface area is 261 Å². The van der Waals surface area contributed by atoms with Gasteiger partial charge in [0, 0.05) is 28.2 Å². The Morgan fingerprint density at radius 2 is 1.27 bits per heavy atom. The summed E-state index contributed by atoms with van der Waals surface area (Å²) in [6.45, 7) is 0. The second kappa shape index (κ2) is 16.8. The van der Waals surface area contributed by atoms with E-state index in [1.165, 1.54) is 26.4 Å². The van der Waals surface area contributed by atoms with E-state index in [1.54, 1.807) is 30.3 Å². The highest BCUT2D eigenvalue weighted by atomic mass is 127. The highest BCUT2D eigenvalue weighted by molar-refractivity contribution is 14.1. The zero-order valence-electron chi connectivity index (χ0n) is 21.0. The Bertz CT molecular complexity index is 1460. The molecule has 0 saturated carbocycles. The van der Waals surface area contributed by atoms with Crippen molar-refractivity contribution < 1.29 is 29.0 Å². The fourth-order valence-electron chi connectivity index (χ4n) is 3.06. The summed E-state index contributed by atoms with van der Waals surface area (Å²) in [5.41, 5.74) is 1.47. The summed E-state index contributed by atoms with van der Waals surface area (Å²) in [4.78, 5) is 20.6. The number of halogens is 3. The van der Waals surface area contributed by atoms with Gasteiger partial charge in [0.25, 0.3) is 11.4 Å². The average Bonchev–Trinajstić information content (AvgIpc) is 2.94. The van der Waals surface area contributed by atoms with Crippen LogP contribution in [0.25, 0.3) is 11.1 Å². The summed E-state index contributed by atoms with van der Waals surface area (Å²) in [6, 6.07) is 24.0. The van der Waals surface area contributed by atoms with E-state index in [0.717, 1.165) is 14.5 Å². The molecular formula is C26H21BBr2IN2O8. The van der Waals surface area contributed by atoms with Crippen LogP contribution in [-0.4, -0.2) is 36.8 Å². The first-order valence-corrected chi connectivity index (χ1v) is 13.7. The highest BCUT2D eigenvalue weighted by Crippen LogP contribution is 2.37.